The summed E-state index contributed by atoms with van der Waals surface area (Å²) in [5.41, 5.74) is 3.32. The van der Waals surface area contributed by atoms with Crippen LogP contribution in [-0.4, -0.2) is 0 Å². The topological polar surface area (TPSA) is 47.6 Å². The van der Waals surface area contributed by atoms with Gasteiger partial charge in [0, 0.05) is 9.75 Å². The van der Waals surface area contributed by atoms with Gasteiger partial charge in [0.25, 0.3) is 0 Å². The Morgan fingerprint density at radius 2 is 1.19 bits per heavy atom. The lowest BCUT2D eigenvalue weighted by Crippen LogP contribution is -1.82. The minimum absolute atomic E-state index is 0.510. The maximum Gasteiger partial charge on any atom is 0.102 e. The lowest BCUT2D eigenvalue weighted by atomic mass is 10.1. The predicted octanol–water partition coefficient (Wildman–Crippen LogP) is 5.57. The fourth-order valence-corrected chi connectivity index (χ4v) is 5.67. The maximum atomic E-state index is 9.51. The number of nitriles is 2. The van der Waals surface area contributed by atoms with Crippen LogP contribution in [0.25, 0.3) is 19.5 Å². The minimum Gasteiger partial charge on any atom is -0.192 e. The van der Waals surface area contributed by atoms with E-state index in [1.807, 2.05) is 36.7 Å². The minimum atomic E-state index is 0.510. The molecule has 21 heavy (non-hydrogen) atoms. The van der Waals surface area contributed by atoms with Gasteiger partial charge in [-0.2, -0.15) is 10.5 Å². The highest BCUT2D eigenvalue weighted by Crippen LogP contribution is 2.46. The van der Waals surface area contributed by atoms with Gasteiger partial charge < -0.3 is 0 Å². The molecule has 3 aromatic heterocycles. The molecule has 0 saturated heterocycles. The van der Waals surface area contributed by atoms with E-state index in [9.17, 15) is 10.5 Å². The molecule has 0 aliphatic rings. The van der Waals surface area contributed by atoms with Crippen LogP contribution in [0, 0.1) is 36.5 Å². The SMILES string of the molecule is Cc1ccsc1-c1sc(-c2sccc2C)c(C#N)c1C#N. The molecule has 0 unspecified atom stereocenters. The first-order valence-electron chi connectivity index (χ1n) is 6.23. The first-order valence-corrected chi connectivity index (χ1v) is 8.80. The monoisotopic (exact) mass is 326 g/mol. The van der Waals surface area contributed by atoms with Gasteiger partial charge in [-0.05, 0) is 47.9 Å². The van der Waals surface area contributed by atoms with Crippen molar-refractivity contribution in [3.63, 3.8) is 0 Å². The summed E-state index contributed by atoms with van der Waals surface area (Å²) in [6.07, 6.45) is 0. The highest BCUT2D eigenvalue weighted by atomic mass is 32.1. The summed E-state index contributed by atoms with van der Waals surface area (Å²) in [7, 11) is 0. The van der Waals surface area contributed by atoms with E-state index < -0.39 is 0 Å². The highest BCUT2D eigenvalue weighted by Gasteiger charge is 2.23. The lowest BCUT2D eigenvalue weighted by molar-refractivity contribution is 1.46. The van der Waals surface area contributed by atoms with Gasteiger partial charge in [0.05, 0.1) is 20.9 Å². The van der Waals surface area contributed by atoms with Crippen LogP contribution >= 0.6 is 34.0 Å². The Hall–Kier alpha value is -1.92. The molecule has 0 amide bonds. The Balaban J connectivity index is 2.33. The Bertz CT molecular complexity index is 824. The molecular weight excluding hydrogens is 316 g/mol. The Morgan fingerprint density at radius 1 is 0.762 bits per heavy atom. The van der Waals surface area contributed by atoms with Crippen molar-refractivity contribution in [2.75, 3.05) is 0 Å². The summed E-state index contributed by atoms with van der Waals surface area (Å²) in [5.74, 6) is 0. The van der Waals surface area contributed by atoms with Gasteiger partial charge in [0.15, 0.2) is 0 Å². The van der Waals surface area contributed by atoms with Gasteiger partial charge in [-0.25, -0.2) is 0 Å². The Morgan fingerprint density at radius 3 is 1.48 bits per heavy atom. The zero-order valence-corrected chi connectivity index (χ0v) is 13.9. The summed E-state index contributed by atoms with van der Waals surface area (Å²) in [6.45, 7) is 4.07. The van der Waals surface area contributed by atoms with Gasteiger partial charge in [-0.3, -0.25) is 0 Å². The van der Waals surface area contributed by atoms with Crippen LogP contribution in [0.4, 0.5) is 0 Å². The highest BCUT2D eigenvalue weighted by molar-refractivity contribution is 7.26. The van der Waals surface area contributed by atoms with Crippen LogP contribution in [0.5, 0.6) is 0 Å². The molecule has 5 heteroatoms. The molecule has 0 aliphatic carbocycles. The largest absolute Gasteiger partial charge is 0.192 e. The second kappa shape index (κ2) is 5.46. The molecule has 0 fully saturated rings. The molecule has 3 aromatic rings. The van der Waals surface area contributed by atoms with Crippen molar-refractivity contribution in [3.05, 3.63) is 45.1 Å². The molecule has 3 heterocycles. The third-order valence-corrected chi connectivity index (χ3v) is 6.82. The molecule has 0 N–H and O–H groups in total. The average molecular weight is 326 g/mol. The van der Waals surface area contributed by atoms with Crippen molar-refractivity contribution in [3.8, 4) is 31.6 Å². The van der Waals surface area contributed by atoms with E-state index in [1.165, 1.54) is 0 Å². The van der Waals surface area contributed by atoms with E-state index in [2.05, 4.69) is 12.1 Å². The van der Waals surface area contributed by atoms with Crippen molar-refractivity contribution in [2.24, 2.45) is 0 Å². The summed E-state index contributed by atoms with van der Waals surface area (Å²) >= 11 is 4.79. The van der Waals surface area contributed by atoms with Crippen LogP contribution in [0.1, 0.15) is 22.3 Å². The molecular formula is C16H10N2S3. The van der Waals surface area contributed by atoms with Crippen molar-refractivity contribution in [2.45, 2.75) is 13.8 Å². The molecule has 102 valence electrons. The first-order chi connectivity index (χ1) is 10.2. The van der Waals surface area contributed by atoms with Crippen molar-refractivity contribution in [1.29, 1.82) is 10.5 Å². The molecule has 2 nitrogen and oxygen atoms in total. The van der Waals surface area contributed by atoms with Crippen LogP contribution in [0.3, 0.4) is 0 Å². The summed E-state index contributed by atoms with van der Waals surface area (Å²) in [4.78, 5) is 4.02. The van der Waals surface area contributed by atoms with Crippen molar-refractivity contribution >= 4 is 34.0 Å². The van der Waals surface area contributed by atoms with E-state index in [0.717, 1.165) is 30.6 Å². The van der Waals surface area contributed by atoms with E-state index in [1.54, 1.807) is 34.0 Å². The van der Waals surface area contributed by atoms with Gasteiger partial charge >= 0.3 is 0 Å². The van der Waals surface area contributed by atoms with Gasteiger partial charge in [-0.15, -0.1) is 34.0 Å². The van der Waals surface area contributed by atoms with Crippen molar-refractivity contribution < 1.29 is 0 Å². The number of thiophene rings is 3. The number of aryl methyl sites for hydroxylation is 2. The van der Waals surface area contributed by atoms with Crippen molar-refractivity contribution in [1.82, 2.24) is 0 Å². The summed E-state index contributed by atoms with van der Waals surface area (Å²) < 4.78 is 0. The molecule has 0 saturated carbocycles. The van der Waals surface area contributed by atoms with Crippen LogP contribution < -0.4 is 0 Å². The fourth-order valence-electron chi connectivity index (χ4n) is 2.18. The molecule has 0 spiro atoms. The molecule has 0 bridgehead atoms. The third-order valence-electron chi connectivity index (χ3n) is 3.27. The Kier molecular flexibility index (Phi) is 3.65. The zero-order chi connectivity index (χ0) is 15.0. The lowest BCUT2D eigenvalue weighted by Gasteiger charge is -1.95. The molecule has 0 atom stereocenters. The van der Waals surface area contributed by atoms with Gasteiger partial charge in [-0.1, -0.05) is 0 Å². The average Bonchev–Trinajstić information content (AvgIpc) is 3.15. The number of hydrogen-bond acceptors (Lipinski definition) is 5. The van der Waals surface area contributed by atoms with E-state index in [4.69, 9.17) is 0 Å². The third kappa shape index (κ3) is 2.20. The molecule has 0 radical (unpaired) electrons. The van der Waals surface area contributed by atoms with Crippen LogP contribution in [-0.2, 0) is 0 Å². The summed E-state index contributed by atoms with van der Waals surface area (Å²) in [5, 5.41) is 23.1. The van der Waals surface area contributed by atoms with E-state index >= 15 is 0 Å². The van der Waals surface area contributed by atoms with Gasteiger partial charge in [0.2, 0.25) is 0 Å². The van der Waals surface area contributed by atoms with Gasteiger partial charge in [0.1, 0.15) is 12.1 Å². The van der Waals surface area contributed by atoms with Crippen LogP contribution in [0.2, 0.25) is 0 Å². The number of nitrogens with zero attached hydrogens (tertiary/aromatic N) is 2. The maximum absolute atomic E-state index is 9.51. The second-order valence-corrected chi connectivity index (χ2v) is 7.45. The molecule has 0 aliphatic heterocycles. The predicted molar refractivity (Wildman–Crippen MR) is 89.8 cm³/mol. The smallest absolute Gasteiger partial charge is 0.102 e. The molecule has 3 rings (SSSR count). The first kappa shape index (κ1) is 14.0. The Labute approximate surface area is 135 Å². The zero-order valence-electron chi connectivity index (χ0n) is 11.4. The summed E-state index contributed by atoms with van der Waals surface area (Å²) in [6, 6.07) is 8.55. The quantitative estimate of drug-likeness (QED) is 0.618. The van der Waals surface area contributed by atoms with E-state index in [-0.39, 0.29) is 0 Å². The normalized spacial score (nSPS) is 10.3. The standard InChI is InChI=1S/C16H10N2S3/c1-9-3-5-19-13(9)15-11(7-17)12(8-18)16(21-15)14-10(2)4-6-20-14/h3-6H,1-2H3. The second-order valence-electron chi connectivity index (χ2n) is 4.60. The molecule has 0 aromatic carbocycles. The fraction of sp³-hybridized carbons (Fsp3) is 0.125. The number of hydrogen-bond donors (Lipinski definition) is 0. The number of rotatable bonds is 2. The van der Waals surface area contributed by atoms with Crippen LogP contribution in [0.15, 0.2) is 22.9 Å². The van der Waals surface area contributed by atoms with E-state index in [0.29, 0.717) is 11.1 Å².